The van der Waals surface area contributed by atoms with Crippen molar-refractivity contribution in [3.05, 3.63) is 35.5 Å². The lowest BCUT2D eigenvalue weighted by Crippen LogP contribution is -2.64. The average molecular weight is 469 g/mol. The van der Waals surface area contributed by atoms with E-state index < -0.39 is 16.7 Å². The van der Waals surface area contributed by atoms with Gasteiger partial charge in [0.25, 0.3) is 0 Å². The highest BCUT2D eigenvalue weighted by Gasteiger charge is 2.54. The molecule has 1 aliphatic carbocycles. The molecule has 34 heavy (non-hydrogen) atoms. The molecule has 1 aromatic heterocycles. The number of hydrogen-bond donors (Lipinski definition) is 1. The lowest BCUT2D eigenvalue weighted by molar-refractivity contribution is -0.156. The maximum atomic E-state index is 14.0. The predicted molar refractivity (Wildman–Crippen MR) is 135 cm³/mol. The molecule has 3 atom stereocenters. The topological polar surface area (TPSA) is 66.8 Å². The smallest absolute Gasteiger partial charge is 0.324 e. The zero-order valence-electron chi connectivity index (χ0n) is 22.2. The van der Waals surface area contributed by atoms with Crippen LogP contribution in [0.3, 0.4) is 0 Å². The number of hydrogen-bond acceptors (Lipinski definition) is 4. The molecular weight excluding hydrogens is 428 g/mol. The third kappa shape index (κ3) is 3.93. The van der Waals surface area contributed by atoms with Crippen LogP contribution in [0, 0.1) is 5.92 Å². The number of piperidine rings is 1. The van der Waals surface area contributed by atoms with E-state index in [0.29, 0.717) is 13.0 Å². The summed E-state index contributed by atoms with van der Waals surface area (Å²) in [6, 6.07) is 6.13. The van der Waals surface area contributed by atoms with Gasteiger partial charge in [0.2, 0.25) is 5.91 Å². The largest absolute Gasteiger partial charge is 0.372 e. The minimum atomic E-state index is -0.652. The number of likely N-dealkylation sites (tertiary alicyclic amines) is 1. The summed E-state index contributed by atoms with van der Waals surface area (Å²) in [5.41, 5.74) is 1.94. The van der Waals surface area contributed by atoms with Gasteiger partial charge in [0.15, 0.2) is 0 Å². The number of benzene rings is 1. The van der Waals surface area contributed by atoms with Gasteiger partial charge in [-0.25, -0.2) is 4.79 Å². The fraction of sp³-hybridized carbons (Fsp3) is 0.630. The van der Waals surface area contributed by atoms with Crippen molar-refractivity contribution in [1.29, 1.82) is 0 Å². The van der Waals surface area contributed by atoms with Crippen LogP contribution in [-0.2, 0) is 28.6 Å². The number of imide groups is 1. The molecule has 2 heterocycles. The normalized spacial score (nSPS) is 25.2. The number of nitrogens with one attached hydrogen (secondary N) is 1. The van der Waals surface area contributed by atoms with Crippen LogP contribution in [0.5, 0.6) is 0 Å². The highest BCUT2D eigenvalue weighted by atomic mass is 16.5. The SMILES string of the molecule is CO[C@@]12CC(C(=O)N(C(=O)NC(C)(C)C)C(C)(C)C)CN(C)[C@@H]1Cc1cn(C)c3cccc2c13. The molecule has 186 valence electrons. The van der Waals surface area contributed by atoms with E-state index in [1.165, 1.54) is 21.4 Å². The van der Waals surface area contributed by atoms with Gasteiger partial charge < -0.3 is 14.6 Å². The number of aromatic nitrogens is 1. The second kappa shape index (κ2) is 8.09. The fourth-order valence-corrected chi connectivity index (χ4v) is 6.05. The maximum absolute atomic E-state index is 14.0. The zero-order valence-corrected chi connectivity index (χ0v) is 22.2. The molecule has 1 N–H and O–H groups in total. The number of amides is 3. The number of carbonyl (C=O) groups excluding carboxylic acids is 2. The zero-order chi connectivity index (χ0) is 25.2. The van der Waals surface area contributed by atoms with E-state index in [9.17, 15) is 9.59 Å². The first-order valence-electron chi connectivity index (χ1n) is 12.2. The van der Waals surface area contributed by atoms with Gasteiger partial charge in [0.1, 0.15) is 5.60 Å². The second-order valence-electron chi connectivity index (χ2n) is 12.1. The summed E-state index contributed by atoms with van der Waals surface area (Å²) in [6.07, 6.45) is 3.63. The quantitative estimate of drug-likeness (QED) is 0.723. The molecule has 3 amide bonds. The van der Waals surface area contributed by atoms with E-state index >= 15 is 0 Å². The van der Waals surface area contributed by atoms with E-state index in [2.05, 4.69) is 53.3 Å². The Morgan fingerprint density at radius 1 is 1.15 bits per heavy atom. The number of fused-ring (bicyclic) bond motifs is 2. The average Bonchev–Trinajstić information content (AvgIpc) is 3.03. The van der Waals surface area contributed by atoms with Crippen LogP contribution >= 0.6 is 0 Å². The van der Waals surface area contributed by atoms with Gasteiger partial charge in [-0.3, -0.25) is 14.6 Å². The Morgan fingerprint density at radius 3 is 2.41 bits per heavy atom. The Hall–Kier alpha value is -2.38. The lowest BCUT2D eigenvalue weighted by Gasteiger charge is -2.53. The van der Waals surface area contributed by atoms with Gasteiger partial charge in [0, 0.05) is 54.9 Å². The summed E-state index contributed by atoms with van der Waals surface area (Å²) in [4.78, 5) is 31.0. The molecule has 0 bridgehead atoms. The van der Waals surface area contributed by atoms with Crippen molar-refractivity contribution in [3.63, 3.8) is 0 Å². The predicted octanol–water partition coefficient (Wildman–Crippen LogP) is 4.03. The Kier molecular flexibility index (Phi) is 5.89. The van der Waals surface area contributed by atoms with Gasteiger partial charge in [-0.1, -0.05) is 12.1 Å². The van der Waals surface area contributed by atoms with Crippen molar-refractivity contribution in [2.45, 2.75) is 77.1 Å². The van der Waals surface area contributed by atoms with E-state index in [1.807, 2.05) is 41.5 Å². The summed E-state index contributed by atoms with van der Waals surface area (Å²) < 4.78 is 8.55. The van der Waals surface area contributed by atoms with Crippen molar-refractivity contribution in [1.82, 2.24) is 19.7 Å². The Morgan fingerprint density at radius 2 is 1.82 bits per heavy atom. The number of nitrogens with zero attached hydrogens (tertiary/aromatic N) is 3. The van der Waals surface area contributed by atoms with Crippen LogP contribution in [0.1, 0.15) is 59.1 Å². The van der Waals surface area contributed by atoms with Crippen LogP contribution in [0.25, 0.3) is 10.9 Å². The molecule has 0 radical (unpaired) electrons. The lowest BCUT2D eigenvalue weighted by atomic mass is 9.68. The highest BCUT2D eigenvalue weighted by Crippen LogP contribution is 2.50. The molecule has 1 fully saturated rings. The highest BCUT2D eigenvalue weighted by molar-refractivity contribution is 5.97. The van der Waals surface area contributed by atoms with Crippen LogP contribution in [-0.4, -0.2) is 64.1 Å². The number of methoxy groups -OCH3 is 1. The van der Waals surface area contributed by atoms with E-state index in [0.717, 1.165) is 12.0 Å². The van der Waals surface area contributed by atoms with Crippen LogP contribution < -0.4 is 5.32 Å². The van der Waals surface area contributed by atoms with Crippen molar-refractivity contribution >= 4 is 22.8 Å². The third-order valence-electron chi connectivity index (χ3n) is 7.38. The molecule has 1 aliphatic heterocycles. The summed E-state index contributed by atoms with van der Waals surface area (Å²) in [6.45, 7) is 12.1. The summed E-state index contributed by atoms with van der Waals surface area (Å²) in [7, 11) is 5.91. The first-order chi connectivity index (χ1) is 15.7. The minimum Gasteiger partial charge on any atom is -0.372 e. The number of urea groups is 1. The summed E-state index contributed by atoms with van der Waals surface area (Å²) in [5.74, 6) is -0.520. The molecule has 1 aromatic carbocycles. The van der Waals surface area contributed by atoms with Crippen molar-refractivity contribution in [3.8, 4) is 0 Å². The molecule has 7 heteroatoms. The van der Waals surface area contributed by atoms with Crippen LogP contribution in [0.15, 0.2) is 24.4 Å². The van der Waals surface area contributed by atoms with Gasteiger partial charge in [-0.05, 0) is 78.6 Å². The van der Waals surface area contributed by atoms with Gasteiger partial charge in [-0.15, -0.1) is 0 Å². The number of carbonyl (C=O) groups is 2. The first-order valence-corrected chi connectivity index (χ1v) is 12.2. The van der Waals surface area contributed by atoms with Gasteiger partial charge in [-0.2, -0.15) is 0 Å². The van der Waals surface area contributed by atoms with Crippen LogP contribution in [0.4, 0.5) is 4.79 Å². The third-order valence-corrected chi connectivity index (χ3v) is 7.38. The van der Waals surface area contributed by atoms with Crippen molar-refractivity contribution in [2.75, 3.05) is 20.7 Å². The van der Waals surface area contributed by atoms with Crippen molar-refractivity contribution in [2.24, 2.45) is 13.0 Å². The molecular formula is C27H40N4O3. The number of likely N-dealkylation sites (N-methyl/N-ethyl adjacent to an activating group) is 1. The Balaban J connectivity index is 1.76. The summed E-state index contributed by atoms with van der Waals surface area (Å²) in [5, 5.41) is 4.23. The maximum Gasteiger partial charge on any atom is 0.324 e. The minimum absolute atomic E-state index is 0.119. The fourth-order valence-electron chi connectivity index (χ4n) is 6.05. The molecule has 0 spiro atoms. The van der Waals surface area contributed by atoms with E-state index in [-0.39, 0.29) is 23.9 Å². The van der Waals surface area contributed by atoms with Gasteiger partial charge in [0.05, 0.1) is 5.92 Å². The second-order valence-corrected chi connectivity index (χ2v) is 12.1. The number of aryl methyl sites for hydroxylation is 1. The van der Waals surface area contributed by atoms with E-state index in [1.54, 1.807) is 7.11 Å². The molecule has 7 nitrogen and oxygen atoms in total. The standard InChI is InChI=1S/C27H40N4O3/c1-25(2,3)28-24(33)31(26(4,5)6)23(32)18-14-27(34-9)19-11-10-12-20-22(19)17(15-29(20)7)13-21(27)30(8)16-18/h10-12,15,18,21H,13-14,16H2,1-9H3,(H,28,33)/t18?,21-,27-/m1/s1. The molecule has 4 rings (SSSR count). The molecule has 2 aromatic rings. The number of rotatable bonds is 2. The van der Waals surface area contributed by atoms with Crippen molar-refractivity contribution < 1.29 is 14.3 Å². The molecule has 1 saturated heterocycles. The molecule has 2 aliphatic rings. The number of ether oxygens (including phenoxy) is 1. The molecule has 1 unspecified atom stereocenters. The van der Waals surface area contributed by atoms with E-state index in [4.69, 9.17) is 4.74 Å². The Bertz CT molecular complexity index is 1120. The van der Waals surface area contributed by atoms with Gasteiger partial charge >= 0.3 is 6.03 Å². The monoisotopic (exact) mass is 468 g/mol. The Labute approximate surface area is 203 Å². The summed E-state index contributed by atoms with van der Waals surface area (Å²) >= 11 is 0. The van der Waals surface area contributed by atoms with Crippen LogP contribution in [0.2, 0.25) is 0 Å². The first kappa shape index (κ1) is 24.7. The molecule has 0 saturated carbocycles.